The van der Waals surface area contributed by atoms with E-state index in [1.807, 2.05) is 0 Å². The highest BCUT2D eigenvalue weighted by Gasteiger charge is 2.34. The summed E-state index contributed by atoms with van der Waals surface area (Å²) in [4.78, 5) is 0. The zero-order chi connectivity index (χ0) is 12.3. The maximum absolute atomic E-state index is 11.9. The molecule has 2 nitrogen and oxygen atoms in total. The summed E-state index contributed by atoms with van der Waals surface area (Å²) in [6.07, 6.45) is 1.50. The largest absolute Gasteiger partial charge is 0.390 e. The van der Waals surface area contributed by atoms with Gasteiger partial charge in [-0.2, -0.15) is 13.2 Å². The molecule has 2 aliphatic rings. The van der Waals surface area contributed by atoms with Crippen molar-refractivity contribution < 1.29 is 13.2 Å². The SMILES string of the molecule is FC(F)(F)CCNCC1CC2CCCCC2N1. The second-order valence-electron chi connectivity index (χ2n) is 5.32. The Hall–Kier alpha value is -0.290. The van der Waals surface area contributed by atoms with Crippen LogP contribution in [0.5, 0.6) is 0 Å². The number of nitrogens with one attached hydrogen (secondary N) is 2. The first-order valence-corrected chi connectivity index (χ1v) is 6.58. The fraction of sp³-hybridized carbons (Fsp3) is 1.00. The van der Waals surface area contributed by atoms with Crippen LogP contribution in [0.4, 0.5) is 13.2 Å². The molecule has 2 rings (SSSR count). The van der Waals surface area contributed by atoms with Crippen LogP contribution in [-0.4, -0.2) is 31.3 Å². The van der Waals surface area contributed by atoms with Gasteiger partial charge in [0.1, 0.15) is 0 Å². The number of hydrogen-bond donors (Lipinski definition) is 2. The first kappa shape index (κ1) is 13.1. The minimum atomic E-state index is -4.04. The van der Waals surface area contributed by atoms with Crippen molar-refractivity contribution in [1.29, 1.82) is 0 Å². The molecular formula is C12H21F3N2. The van der Waals surface area contributed by atoms with Crippen LogP contribution in [0.15, 0.2) is 0 Å². The highest BCUT2D eigenvalue weighted by atomic mass is 19.4. The third-order valence-corrected chi connectivity index (χ3v) is 3.92. The molecule has 0 aromatic heterocycles. The van der Waals surface area contributed by atoms with Crippen molar-refractivity contribution in [1.82, 2.24) is 10.6 Å². The summed E-state index contributed by atoms with van der Waals surface area (Å²) in [7, 11) is 0. The Morgan fingerprint density at radius 2 is 1.94 bits per heavy atom. The number of fused-ring (bicyclic) bond motifs is 1. The molecule has 1 saturated carbocycles. The van der Waals surface area contributed by atoms with Gasteiger partial charge in [0.15, 0.2) is 0 Å². The molecule has 1 heterocycles. The summed E-state index contributed by atoms with van der Waals surface area (Å²) in [6, 6.07) is 0.995. The van der Waals surface area contributed by atoms with Gasteiger partial charge in [-0.25, -0.2) is 0 Å². The van der Waals surface area contributed by atoms with E-state index in [1.54, 1.807) is 0 Å². The van der Waals surface area contributed by atoms with Crippen molar-refractivity contribution in [2.24, 2.45) is 5.92 Å². The maximum Gasteiger partial charge on any atom is 0.390 e. The molecule has 0 bridgehead atoms. The van der Waals surface area contributed by atoms with Gasteiger partial charge in [0, 0.05) is 25.2 Å². The number of rotatable bonds is 4. The van der Waals surface area contributed by atoms with Gasteiger partial charge in [0.2, 0.25) is 0 Å². The number of hydrogen-bond acceptors (Lipinski definition) is 2. The topological polar surface area (TPSA) is 24.1 Å². The van der Waals surface area contributed by atoms with Crippen molar-refractivity contribution in [3.8, 4) is 0 Å². The summed E-state index contributed by atoms with van der Waals surface area (Å²) in [6.45, 7) is 0.708. The highest BCUT2D eigenvalue weighted by Crippen LogP contribution is 2.32. The molecule has 0 radical (unpaired) electrons. The average Bonchev–Trinajstić information content (AvgIpc) is 2.65. The van der Waals surface area contributed by atoms with E-state index >= 15 is 0 Å². The van der Waals surface area contributed by atoms with Crippen molar-refractivity contribution in [3.63, 3.8) is 0 Å². The van der Waals surface area contributed by atoms with Crippen LogP contribution in [0, 0.1) is 5.92 Å². The summed E-state index contributed by atoms with van der Waals surface area (Å²) in [5, 5.41) is 6.46. The van der Waals surface area contributed by atoms with E-state index in [2.05, 4.69) is 10.6 Å². The minimum Gasteiger partial charge on any atom is -0.315 e. The zero-order valence-electron chi connectivity index (χ0n) is 10.0. The van der Waals surface area contributed by atoms with E-state index in [1.165, 1.54) is 25.7 Å². The Morgan fingerprint density at radius 3 is 2.65 bits per heavy atom. The van der Waals surface area contributed by atoms with Crippen LogP contribution >= 0.6 is 0 Å². The van der Waals surface area contributed by atoms with Crippen molar-refractivity contribution >= 4 is 0 Å². The van der Waals surface area contributed by atoms with Crippen LogP contribution in [0.1, 0.15) is 38.5 Å². The fourth-order valence-electron chi connectivity index (χ4n) is 3.09. The quantitative estimate of drug-likeness (QED) is 0.749. The smallest absolute Gasteiger partial charge is 0.315 e. The molecule has 0 aromatic carbocycles. The second kappa shape index (κ2) is 5.57. The molecule has 17 heavy (non-hydrogen) atoms. The zero-order valence-corrected chi connectivity index (χ0v) is 10.0. The highest BCUT2D eigenvalue weighted by molar-refractivity contribution is 4.93. The van der Waals surface area contributed by atoms with E-state index in [0.717, 1.165) is 12.3 Å². The molecular weight excluding hydrogens is 229 g/mol. The van der Waals surface area contributed by atoms with E-state index in [9.17, 15) is 13.2 Å². The lowest BCUT2D eigenvalue weighted by Crippen LogP contribution is -2.39. The predicted octanol–water partition coefficient (Wildman–Crippen LogP) is 2.45. The van der Waals surface area contributed by atoms with E-state index in [4.69, 9.17) is 0 Å². The molecule has 2 fully saturated rings. The predicted molar refractivity (Wildman–Crippen MR) is 60.8 cm³/mol. The molecule has 5 heteroatoms. The van der Waals surface area contributed by atoms with E-state index in [0.29, 0.717) is 18.6 Å². The third kappa shape index (κ3) is 4.14. The third-order valence-electron chi connectivity index (χ3n) is 3.92. The Balaban J connectivity index is 1.61. The van der Waals surface area contributed by atoms with Gasteiger partial charge < -0.3 is 10.6 Å². The Labute approximate surface area is 100 Å². The Kier molecular flexibility index (Phi) is 4.31. The van der Waals surface area contributed by atoms with Gasteiger partial charge in [0.05, 0.1) is 6.42 Å². The molecule has 0 aromatic rings. The van der Waals surface area contributed by atoms with Crippen molar-refractivity contribution in [2.45, 2.75) is 56.8 Å². The van der Waals surface area contributed by atoms with Crippen molar-refractivity contribution in [3.05, 3.63) is 0 Å². The molecule has 3 atom stereocenters. The van der Waals surface area contributed by atoms with Crippen LogP contribution in [-0.2, 0) is 0 Å². The fourth-order valence-corrected chi connectivity index (χ4v) is 3.09. The summed E-state index contributed by atoms with van der Waals surface area (Å²) in [5.41, 5.74) is 0. The van der Waals surface area contributed by atoms with Crippen LogP contribution in [0.2, 0.25) is 0 Å². The van der Waals surface area contributed by atoms with E-state index < -0.39 is 12.6 Å². The molecule has 0 amide bonds. The monoisotopic (exact) mass is 250 g/mol. The Morgan fingerprint density at radius 1 is 1.18 bits per heavy atom. The lowest BCUT2D eigenvalue weighted by Gasteiger charge is -2.24. The summed E-state index contributed by atoms with van der Waals surface area (Å²) >= 11 is 0. The van der Waals surface area contributed by atoms with Gasteiger partial charge in [-0.1, -0.05) is 12.8 Å². The first-order chi connectivity index (χ1) is 8.04. The maximum atomic E-state index is 11.9. The second-order valence-corrected chi connectivity index (χ2v) is 5.32. The summed E-state index contributed by atoms with van der Waals surface area (Å²) in [5.74, 6) is 0.762. The molecule has 100 valence electrons. The van der Waals surface area contributed by atoms with Crippen molar-refractivity contribution in [2.75, 3.05) is 13.1 Å². The summed E-state index contributed by atoms with van der Waals surface area (Å²) < 4.78 is 35.8. The van der Waals surface area contributed by atoms with Gasteiger partial charge in [-0.05, 0) is 25.2 Å². The molecule has 1 saturated heterocycles. The van der Waals surface area contributed by atoms with Crippen LogP contribution in [0.3, 0.4) is 0 Å². The Bertz CT molecular complexity index is 228. The normalized spacial score (nSPS) is 33.7. The number of alkyl halides is 3. The minimum absolute atomic E-state index is 0.0387. The van der Waals surface area contributed by atoms with Gasteiger partial charge in [-0.3, -0.25) is 0 Å². The standard InChI is InChI=1S/C12H21F3N2/c13-12(14,15)5-6-16-8-10-7-9-3-1-2-4-11(9)17-10/h9-11,16-17H,1-8H2. The van der Waals surface area contributed by atoms with Crippen LogP contribution in [0.25, 0.3) is 0 Å². The average molecular weight is 250 g/mol. The van der Waals surface area contributed by atoms with Crippen LogP contribution < -0.4 is 10.6 Å². The number of halogens is 3. The molecule has 1 aliphatic carbocycles. The lowest BCUT2D eigenvalue weighted by atomic mass is 9.85. The molecule has 0 spiro atoms. The molecule has 1 aliphatic heterocycles. The molecule has 2 N–H and O–H groups in total. The van der Waals surface area contributed by atoms with E-state index in [-0.39, 0.29) is 6.54 Å². The molecule has 3 unspecified atom stereocenters. The first-order valence-electron chi connectivity index (χ1n) is 6.58. The van der Waals surface area contributed by atoms with Gasteiger partial charge in [-0.15, -0.1) is 0 Å². The lowest BCUT2D eigenvalue weighted by molar-refractivity contribution is -0.133. The van der Waals surface area contributed by atoms with Gasteiger partial charge >= 0.3 is 6.18 Å². The van der Waals surface area contributed by atoms with Gasteiger partial charge in [0.25, 0.3) is 0 Å².